The van der Waals surface area contributed by atoms with Crippen molar-refractivity contribution in [3.05, 3.63) is 42.2 Å². The number of carbonyl (C=O) groups is 3. The highest BCUT2D eigenvalue weighted by Crippen LogP contribution is 2.19. The van der Waals surface area contributed by atoms with Gasteiger partial charge in [-0.3, -0.25) is 19.4 Å². The number of aromatic nitrogens is 1. The average Bonchev–Trinajstić information content (AvgIpc) is 2.66. The normalized spacial score (nSPS) is 16.9. The predicted molar refractivity (Wildman–Crippen MR) is 97.3 cm³/mol. The van der Waals surface area contributed by atoms with Crippen LogP contribution in [0, 0.1) is 0 Å². The fourth-order valence-corrected chi connectivity index (χ4v) is 3.17. The first kappa shape index (κ1) is 18.8. The van der Waals surface area contributed by atoms with Gasteiger partial charge in [-0.25, -0.2) is 0 Å². The Morgan fingerprint density at radius 3 is 2.81 bits per heavy atom. The zero-order chi connectivity index (χ0) is 19.4. The van der Waals surface area contributed by atoms with Gasteiger partial charge >= 0.3 is 5.97 Å². The first-order valence-corrected chi connectivity index (χ1v) is 8.67. The molecule has 27 heavy (non-hydrogen) atoms. The van der Waals surface area contributed by atoms with E-state index in [0.717, 1.165) is 10.8 Å². The molecule has 1 N–H and O–H groups in total. The van der Waals surface area contributed by atoms with E-state index in [1.807, 2.05) is 30.3 Å². The second kappa shape index (κ2) is 8.13. The van der Waals surface area contributed by atoms with Gasteiger partial charge in [0.25, 0.3) is 5.91 Å². The molecule has 1 atom stereocenters. The van der Waals surface area contributed by atoms with Crippen molar-refractivity contribution < 1.29 is 24.2 Å². The van der Waals surface area contributed by atoms with Crippen LogP contribution in [-0.4, -0.2) is 76.6 Å². The number of aliphatic carboxylic acids is 1. The number of morpholine rings is 1. The van der Waals surface area contributed by atoms with Crippen molar-refractivity contribution in [2.45, 2.75) is 13.0 Å². The Morgan fingerprint density at radius 2 is 2.07 bits per heavy atom. The van der Waals surface area contributed by atoms with Gasteiger partial charge in [0.2, 0.25) is 5.91 Å². The molecule has 2 aromatic rings. The highest BCUT2D eigenvalue weighted by molar-refractivity contribution is 6.05. The van der Waals surface area contributed by atoms with E-state index < -0.39 is 18.6 Å². The van der Waals surface area contributed by atoms with Crippen LogP contribution in [0.15, 0.2) is 36.5 Å². The van der Waals surface area contributed by atoms with Crippen LogP contribution in [0.25, 0.3) is 10.8 Å². The van der Waals surface area contributed by atoms with Gasteiger partial charge in [0.05, 0.1) is 12.7 Å². The summed E-state index contributed by atoms with van der Waals surface area (Å²) >= 11 is 0. The molecule has 8 nitrogen and oxygen atoms in total. The first-order valence-electron chi connectivity index (χ1n) is 8.67. The van der Waals surface area contributed by atoms with Crippen LogP contribution in [0.2, 0.25) is 0 Å². The SMILES string of the molecule is CC(=O)N(CC(=O)O)CC1CN(C(=O)c2nccc3ccccc23)CCO1. The van der Waals surface area contributed by atoms with Gasteiger partial charge < -0.3 is 19.6 Å². The summed E-state index contributed by atoms with van der Waals surface area (Å²) in [6.45, 7) is 2.05. The molecule has 1 saturated heterocycles. The molecule has 3 rings (SSSR count). The van der Waals surface area contributed by atoms with Gasteiger partial charge in [-0.1, -0.05) is 24.3 Å². The number of benzene rings is 1. The molecule has 2 heterocycles. The van der Waals surface area contributed by atoms with Crippen LogP contribution in [0.3, 0.4) is 0 Å². The van der Waals surface area contributed by atoms with Crippen LogP contribution in [-0.2, 0) is 14.3 Å². The number of hydrogen-bond donors (Lipinski definition) is 1. The minimum absolute atomic E-state index is 0.119. The van der Waals surface area contributed by atoms with Crippen LogP contribution in [0.5, 0.6) is 0 Å². The molecule has 1 aromatic heterocycles. The van der Waals surface area contributed by atoms with E-state index in [1.54, 1.807) is 11.1 Å². The Hall–Kier alpha value is -3.00. The lowest BCUT2D eigenvalue weighted by molar-refractivity contribution is -0.145. The van der Waals surface area contributed by atoms with Crippen LogP contribution < -0.4 is 0 Å². The molecular weight excluding hydrogens is 350 g/mol. The molecule has 0 bridgehead atoms. The van der Waals surface area contributed by atoms with E-state index in [4.69, 9.17) is 9.84 Å². The van der Waals surface area contributed by atoms with Gasteiger partial charge in [-0.2, -0.15) is 0 Å². The maximum absolute atomic E-state index is 13.0. The second-order valence-corrected chi connectivity index (χ2v) is 6.42. The number of nitrogens with zero attached hydrogens (tertiary/aromatic N) is 3. The standard InChI is InChI=1S/C19H21N3O5/c1-13(23)22(12-17(24)25)11-15-10-21(8-9-27-15)19(26)18-16-5-3-2-4-14(16)6-7-20-18/h2-7,15H,8-12H2,1H3,(H,24,25). The van der Waals surface area contributed by atoms with E-state index in [9.17, 15) is 14.4 Å². The Morgan fingerprint density at radius 1 is 1.30 bits per heavy atom. The molecule has 142 valence electrons. The summed E-state index contributed by atoms with van der Waals surface area (Å²) in [6.07, 6.45) is 1.17. The lowest BCUT2D eigenvalue weighted by Gasteiger charge is -2.35. The molecule has 0 saturated carbocycles. The zero-order valence-corrected chi connectivity index (χ0v) is 15.0. The Bertz CT molecular complexity index is 864. The molecule has 2 amide bonds. The molecule has 1 unspecified atom stereocenters. The van der Waals surface area contributed by atoms with Crippen molar-refractivity contribution in [2.24, 2.45) is 0 Å². The fourth-order valence-electron chi connectivity index (χ4n) is 3.17. The van der Waals surface area contributed by atoms with E-state index in [-0.39, 0.29) is 24.9 Å². The first-order chi connectivity index (χ1) is 13.0. The summed E-state index contributed by atoms with van der Waals surface area (Å²) < 4.78 is 5.64. The van der Waals surface area contributed by atoms with Crippen molar-refractivity contribution in [1.29, 1.82) is 0 Å². The van der Waals surface area contributed by atoms with Crippen molar-refractivity contribution in [3.63, 3.8) is 0 Å². The summed E-state index contributed by atoms with van der Waals surface area (Å²) in [7, 11) is 0. The van der Waals surface area contributed by atoms with Crippen molar-refractivity contribution >= 4 is 28.6 Å². The molecule has 1 aliphatic heterocycles. The number of hydrogen-bond acceptors (Lipinski definition) is 5. The average molecular weight is 371 g/mol. The molecule has 8 heteroatoms. The number of rotatable bonds is 5. The van der Waals surface area contributed by atoms with E-state index >= 15 is 0 Å². The third-order valence-corrected chi connectivity index (χ3v) is 4.50. The minimum Gasteiger partial charge on any atom is -0.480 e. The summed E-state index contributed by atoms with van der Waals surface area (Å²) in [4.78, 5) is 42.7. The largest absolute Gasteiger partial charge is 0.480 e. The quantitative estimate of drug-likeness (QED) is 0.842. The number of carboxylic acids is 1. The number of amides is 2. The molecule has 1 aromatic carbocycles. The summed E-state index contributed by atoms with van der Waals surface area (Å²) in [5.41, 5.74) is 0.378. The van der Waals surface area contributed by atoms with Crippen molar-refractivity contribution in [2.75, 3.05) is 32.8 Å². The number of fused-ring (bicyclic) bond motifs is 1. The number of ether oxygens (including phenoxy) is 1. The third kappa shape index (κ3) is 4.40. The summed E-state index contributed by atoms with van der Waals surface area (Å²) in [5, 5.41) is 10.7. The highest BCUT2D eigenvalue weighted by atomic mass is 16.5. The molecule has 1 aliphatic rings. The zero-order valence-electron chi connectivity index (χ0n) is 15.0. The molecule has 1 fully saturated rings. The number of pyridine rings is 1. The van der Waals surface area contributed by atoms with E-state index in [1.165, 1.54) is 11.8 Å². The van der Waals surface area contributed by atoms with Gasteiger partial charge in [-0.15, -0.1) is 0 Å². The third-order valence-electron chi connectivity index (χ3n) is 4.50. The van der Waals surface area contributed by atoms with E-state index in [2.05, 4.69) is 4.98 Å². The number of carbonyl (C=O) groups excluding carboxylic acids is 2. The molecular formula is C19H21N3O5. The van der Waals surface area contributed by atoms with Crippen LogP contribution in [0.1, 0.15) is 17.4 Å². The Kier molecular flexibility index (Phi) is 5.66. The maximum atomic E-state index is 13.0. The van der Waals surface area contributed by atoms with Gasteiger partial charge in [-0.05, 0) is 11.5 Å². The molecule has 0 aliphatic carbocycles. The lowest BCUT2D eigenvalue weighted by atomic mass is 10.1. The second-order valence-electron chi connectivity index (χ2n) is 6.42. The van der Waals surface area contributed by atoms with Gasteiger partial charge in [0.15, 0.2) is 0 Å². The monoisotopic (exact) mass is 371 g/mol. The summed E-state index contributed by atoms with van der Waals surface area (Å²) in [6, 6.07) is 9.40. The Labute approximate surface area is 156 Å². The Balaban J connectivity index is 1.74. The minimum atomic E-state index is -1.09. The fraction of sp³-hybridized carbons (Fsp3) is 0.368. The topological polar surface area (TPSA) is 100 Å². The van der Waals surface area contributed by atoms with E-state index in [0.29, 0.717) is 18.8 Å². The lowest BCUT2D eigenvalue weighted by Crippen LogP contribution is -2.51. The highest BCUT2D eigenvalue weighted by Gasteiger charge is 2.29. The molecule has 0 radical (unpaired) electrons. The number of carboxylic acid groups (broad SMARTS) is 1. The van der Waals surface area contributed by atoms with Crippen molar-refractivity contribution in [1.82, 2.24) is 14.8 Å². The smallest absolute Gasteiger partial charge is 0.323 e. The summed E-state index contributed by atoms with van der Waals surface area (Å²) in [5.74, 6) is -1.64. The maximum Gasteiger partial charge on any atom is 0.323 e. The van der Waals surface area contributed by atoms with Crippen LogP contribution in [0.4, 0.5) is 0 Å². The molecule has 0 spiro atoms. The van der Waals surface area contributed by atoms with Gasteiger partial charge in [0, 0.05) is 38.1 Å². The van der Waals surface area contributed by atoms with Gasteiger partial charge in [0.1, 0.15) is 12.2 Å². The van der Waals surface area contributed by atoms with Crippen molar-refractivity contribution in [3.8, 4) is 0 Å². The predicted octanol–water partition coefficient (Wildman–Crippen LogP) is 1.01. The van der Waals surface area contributed by atoms with Crippen LogP contribution >= 0.6 is 0 Å².